The van der Waals surface area contributed by atoms with Crippen LogP contribution in [0.4, 0.5) is 10.8 Å². The Bertz CT molecular complexity index is 1110. The van der Waals surface area contributed by atoms with Crippen molar-refractivity contribution in [1.29, 1.82) is 0 Å². The lowest BCUT2D eigenvalue weighted by Gasteiger charge is -2.12. The average molecular weight is 423 g/mol. The maximum absolute atomic E-state index is 13.0. The lowest BCUT2D eigenvalue weighted by atomic mass is 10.1. The van der Waals surface area contributed by atoms with E-state index in [0.717, 1.165) is 22.5 Å². The summed E-state index contributed by atoms with van der Waals surface area (Å²) in [6.07, 6.45) is 1.87. The summed E-state index contributed by atoms with van der Waals surface area (Å²) in [7, 11) is 3.99. The van der Waals surface area contributed by atoms with E-state index in [1.165, 1.54) is 16.3 Å². The standard InChI is InChI=1S/C22H19ClN4OS/c1-14-19(12-15-4-10-18(11-5-15)26(2)3)21(28)27(25-14)22-24-20(13-29-22)16-6-8-17(23)9-7-16/h4-13H,1-3H3/b19-12-. The number of hydrogen-bond acceptors (Lipinski definition) is 5. The number of carbonyl (C=O) groups excluding carboxylic acids is 1. The molecule has 2 aromatic carbocycles. The molecule has 4 rings (SSSR count). The molecular formula is C22H19ClN4OS. The Morgan fingerprint density at radius 1 is 1.07 bits per heavy atom. The Labute approximate surface area is 178 Å². The second-order valence-corrected chi connectivity index (χ2v) is 8.14. The molecular weight excluding hydrogens is 404 g/mol. The second kappa shape index (κ2) is 7.81. The number of carbonyl (C=O) groups is 1. The number of anilines is 2. The van der Waals surface area contributed by atoms with Gasteiger partial charge in [-0.1, -0.05) is 35.9 Å². The smallest absolute Gasteiger partial charge is 0.282 e. The van der Waals surface area contributed by atoms with Crippen molar-refractivity contribution < 1.29 is 4.79 Å². The number of rotatable bonds is 4. The van der Waals surface area contributed by atoms with Crippen LogP contribution in [0.2, 0.25) is 5.02 Å². The number of hydrazone groups is 1. The molecule has 0 bridgehead atoms. The van der Waals surface area contributed by atoms with Gasteiger partial charge in [0.05, 0.1) is 17.0 Å². The SMILES string of the molecule is CC1=NN(c2nc(-c3ccc(Cl)cc3)cs2)C(=O)/C1=C\c1ccc(N(C)C)cc1. The van der Waals surface area contributed by atoms with Crippen LogP contribution in [0.25, 0.3) is 17.3 Å². The van der Waals surface area contributed by atoms with Crippen LogP contribution in [-0.2, 0) is 4.79 Å². The van der Waals surface area contributed by atoms with Gasteiger partial charge in [0.1, 0.15) is 0 Å². The topological polar surface area (TPSA) is 48.8 Å². The molecule has 0 saturated heterocycles. The molecule has 0 unspecified atom stereocenters. The predicted molar refractivity (Wildman–Crippen MR) is 122 cm³/mol. The summed E-state index contributed by atoms with van der Waals surface area (Å²) < 4.78 is 0. The number of amides is 1. The highest BCUT2D eigenvalue weighted by Gasteiger charge is 2.30. The highest BCUT2D eigenvalue weighted by atomic mass is 35.5. The first kappa shape index (κ1) is 19.4. The molecule has 1 aliphatic rings. The largest absolute Gasteiger partial charge is 0.378 e. The number of aromatic nitrogens is 1. The quantitative estimate of drug-likeness (QED) is 0.533. The van der Waals surface area contributed by atoms with Crippen LogP contribution in [0.15, 0.2) is 64.6 Å². The van der Waals surface area contributed by atoms with Crippen molar-refractivity contribution in [2.75, 3.05) is 24.0 Å². The Kier molecular flexibility index (Phi) is 5.22. The molecule has 5 nitrogen and oxygen atoms in total. The maximum Gasteiger partial charge on any atom is 0.282 e. The van der Waals surface area contributed by atoms with Gasteiger partial charge >= 0.3 is 0 Å². The summed E-state index contributed by atoms with van der Waals surface area (Å²) in [5.74, 6) is -0.170. The molecule has 7 heteroatoms. The third-order valence-electron chi connectivity index (χ3n) is 4.60. The fraction of sp³-hybridized carbons (Fsp3) is 0.136. The van der Waals surface area contributed by atoms with Crippen LogP contribution in [0.5, 0.6) is 0 Å². The first-order chi connectivity index (χ1) is 13.9. The number of benzene rings is 2. The molecule has 1 aromatic heterocycles. The average Bonchev–Trinajstić information content (AvgIpc) is 3.29. The van der Waals surface area contributed by atoms with Crippen molar-refractivity contribution in [3.8, 4) is 11.3 Å². The molecule has 2 heterocycles. The minimum Gasteiger partial charge on any atom is -0.378 e. The van der Waals surface area contributed by atoms with Gasteiger partial charge in [0.15, 0.2) is 0 Å². The normalized spacial score (nSPS) is 15.2. The molecule has 1 amide bonds. The van der Waals surface area contributed by atoms with Crippen LogP contribution < -0.4 is 9.91 Å². The third-order valence-corrected chi connectivity index (χ3v) is 5.66. The maximum atomic E-state index is 13.0. The lowest BCUT2D eigenvalue weighted by molar-refractivity contribution is -0.114. The minimum atomic E-state index is -0.170. The molecule has 0 N–H and O–H groups in total. The van der Waals surface area contributed by atoms with Gasteiger partial charge in [0, 0.05) is 35.7 Å². The van der Waals surface area contributed by atoms with Gasteiger partial charge in [0.25, 0.3) is 5.91 Å². The summed E-state index contributed by atoms with van der Waals surface area (Å²) in [6.45, 7) is 1.84. The van der Waals surface area contributed by atoms with Gasteiger partial charge in [-0.3, -0.25) is 4.79 Å². The van der Waals surface area contributed by atoms with Crippen LogP contribution in [0.3, 0.4) is 0 Å². The van der Waals surface area contributed by atoms with E-state index in [9.17, 15) is 4.79 Å². The van der Waals surface area contributed by atoms with Crippen LogP contribution in [-0.4, -0.2) is 30.7 Å². The number of halogens is 1. The Morgan fingerprint density at radius 2 is 1.76 bits per heavy atom. The summed E-state index contributed by atoms with van der Waals surface area (Å²) in [5.41, 5.74) is 5.05. The summed E-state index contributed by atoms with van der Waals surface area (Å²) >= 11 is 7.34. The first-order valence-electron chi connectivity index (χ1n) is 9.03. The fourth-order valence-corrected chi connectivity index (χ4v) is 3.87. The van der Waals surface area contributed by atoms with E-state index in [4.69, 9.17) is 11.6 Å². The molecule has 0 fully saturated rings. The van der Waals surface area contributed by atoms with Crippen molar-refractivity contribution in [2.45, 2.75) is 6.92 Å². The number of nitrogens with zero attached hydrogens (tertiary/aromatic N) is 4. The monoisotopic (exact) mass is 422 g/mol. The van der Waals surface area contributed by atoms with Crippen molar-refractivity contribution in [1.82, 2.24) is 4.98 Å². The van der Waals surface area contributed by atoms with Crippen molar-refractivity contribution in [3.63, 3.8) is 0 Å². The number of hydrogen-bond donors (Lipinski definition) is 0. The Balaban J connectivity index is 1.58. The summed E-state index contributed by atoms with van der Waals surface area (Å²) in [5, 5.41) is 8.95. The van der Waals surface area contributed by atoms with Gasteiger partial charge < -0.3 is 4.90 Å². The minimum absolute atomic E-state index is 0.170. The molecule has 146 valence electrons. The molecule has 0 aliphatic carbocycles. The van der Waals surface area contributed by atoms with Gasteiger partial charge in [-0.15, -0.1) is 11.3 Å². The van der Waals surface area contributed by atoms with E-state index in [1.807, 2.05) is 85.9 Å². The predicted octanol–water partition coefficient (Wildman–Crippen LogP) is 5.34. The van der Waals surface area contributed by atoms with Crippen molar-refractivity contribution in [3.05, 3.63) is 70.1 Å². The van der Waals surface area contributed by atoms with Crippen LogP contribution >= 0.6 is 22.9 Å². The van der Waals surface area contributed by atoms with Gasteiger partial charge in [0.2, 0.25) is 5.13 Å². The molecule has 1 aliphatic heterocycles. The number of thiazole rings is 1. The molecule has 29 heavy (non-hydrogen) atoms. The zero-order chi connectivity index (χ0) is 20.5. The molecule has 3 aromatic rings. The van der Waals surface area contributed by atoms with E-state index in [2.05, 4.69) is 10.1 Å². The zero-order valence-electron chi connectivity index (χ0n) is 16.3. The zero-order valence-corrected chi connectivity index (χ0v) is 17.8. The first-order valence-corrected chi connectivity index (χ1v) is 10.3. The molecule has 0 atom stereocenters. The van der Waals surface area contributed by atoms with Crippen molar-refractivity contribution in [2.24, 2.45) is 5.10 Å². The summed E-state index contributed by atoms with van der Waals surface area (Å²) in [6, 6.07) is 15.5. The van der Waals surface area contributed by atoms with Gasteiger partial charge in [-0.2, -0.15) is 10.1 Å². The van der Waals surface area contributed by atoms with Crippen molar-refractivity contribution >= 4 is 51.5 Å². The van der Waals surface area contributed by atoms with Gasteiger partial charge in [-0.05, 0) is 42.8 Å². The van der Waals surface area contributed by atoms with E-state index in [0.29, 0.717) is 21.4 Å². The second-order valence-electron chi connectivity index (χ2n) is 6.87. The highest BCUT2D eigenvalue weighted by Crippen LogP contribution is 2.32. The van der Waals surface area contributed by atoms with E-state index in [-0.39, 0.29) is 5.91 Å². The van der Waals surface area contributed by atoms with Gasteiger partial charge in [-0.25, -0.2) is 4.98 Å². The fourth-order valence-electron chi connectivity index (χ4n) is 2.96. The Morgan fingerprint density at radius 3 is 2.41 bits per heavy atom. The highest BCUT2D eigenvalue weighted by molar-refractivity contribution is 7.14. The molecule has 0 spiro atoms. The molecule has 0 saturated carbocycles. The lowest BCUT2D eigenvalue weighted by Crippen LogP contribution is -2.21. The van der Waals surface area contributed by atoms with E-state index in [1.54, 1.807) is 0 Å². The van der Waals surface area contributed by atoms with E-state index >= 15 is 0 Å². The Hall–Kier alpha value is -2.96. The molecule has 0 radical (unpaired) electrons. The van der Waals surface area contributed by atoms with E-state index < -0.39 is 0 Å². The summed E-state index contributed by atoms with van der Waals surface area (Å²) in [4.78, 5) is 19.6. The third kappa shape index (κ3) is 3.95. The van der Waals surface area contributed by atoms with Crippen LogP contribution in [0.1, 0.15) is 12.5 Å². The van der Waals surface area contributed by atoms with Crippen LogP contribution in [0, 0.1) is 0 Å².